The maximum Gasteiger partial charge on any atom is -0.00707 e. The predicted molar refractivity (Wildman–Crippen MR) is 61.9 cm³/mol. The molecule has 0 nitrogen and oxygen atoms in total. The third-order valence-electron chi connectivity index (χ3n) is 3.88. The van der Waals surface area contributed by atoms with Crippen molar-refractivity contribution < 1.29 is 0 Å². The molecule has 0 saturated heterocycles. The molecule has 78 valence electrons. The first-order valence-corrected chi connectivity index (χ1v) is 5.74. The highest BCUT2D eigenvalue weighted by Crippen LogP contribution is 2.44. The van der Waals surface area contributed by atoms with E-state index >= 15 is 0 Å². The van der Waals surface area contributed by atoms with Crippen LogP contribution in [0, 0.1) is 11.3 Å². The monoisotopic (exact) mass is 182 g/mol. The fraction of sp³-hybridized carbons (Fsp3) is 0.846. The molecule has 0 heterocycles. The van der Waals surface area contributed by atoms with Crippen molar-refractivity contribution in [1.82, 2.24) is 0 Å². The zero-order valence-corrected chi connectivity index (χ0v) is 10.1. The van der Waals surface area contributed by atoms with Crippen molar-refractivity contribution in [2.45, 2.75) is 60.3 Å². The van der Waals surface area contributed by atoms with E-state index in [1.807, 2.05) is 0 Å². The van der Waals surface area contributed by atoms with Gasteiger partial charge in [-0.15, -0.1) is 0 Å². The fourth-order valence-corrected chi connectivity index (χ4v) is 2.85. The highest BCUT2D eigenvalue weighted by atomic mass is 14.4. The van der Waals surface area contributed by atoms with Crippen LogP contribution in [0.15, 0.2) is 12.2 Å². The van der Waals surface area contributed by atoms with E-state index in [1.165, 1.54) is 31.3 Å². The van der Waals surface area contributed by atoms with Gasteiger partial charge in [-0.05, 0) is 31.1 Å². The third kappa shape index (κ3) is 2.36. The Balaban J connectivity index is 4.82. The van der Waals surface area contributed by atoms with Crippen LogP contribution < -0.4 is 0 Å². The smallest absolute Gasteiger partial charge is 0.00707 e. The zero-order chi connectivity index (χ0) is 10.5. The summed E-state index contributed by atoms with van der Waals surface area (Å²) in [6.45, 7) is 15.6. The molecular weight excluding hydrogens is 156 g/mol. The maximum absolute atomic E-state index is 4.19. The van der Waals surface area contributed by atoms with Gasteiger partial charge in [0.05, 0.1) is 0 Å². The normalized spacial score (nSPS) is 12.2. The Morgan fingerprint density at radius 2 is 1.46 bits per heavy atom. The van der Waals surface area contributed by atoms with Gasteiger partial charge in [-0.3, -0.25) is 0 Å². The lowest BCUT2D eigenvalue weighted by molar-refractivity contribution is 0.180. The van der Waals surface area contributed by atoms with Crippen LogP contribution in [0.2, 0.25) is 0 Å². The van der Waals surface area contributed by atoms with E-state index in [0.29, 0.717) is 5.41 Å². The van der Waals surface area contributed by atoms with Gasteiger partial charge >= 0.3 is 0 Å². The average Bonchev–Trinajstić information content (AvgIpc) is 2.13. The van der Waals surface area contributed by atoms with Crippen LogP contribution in [0.25, 0.3) is 0 Å². The molecule has 0 fully saturated rings. The molecule has 0 atom stereocenters. The topological polar surface area (TPSA) is 0 Å². The second-order valence-corrected chi connectivity index (χ2v) is 4.16. The van der Waals surface area contributed by atoms with Gasteiger partial charge in [0.1, 0.15) is 0 Å². The van der Waals surface area contributed by atoms with Gasteiger partial charge in [-0.1, -0.05) is 52.7 Å². The summed E-state index contributed by atoms with van der Waals surface area (Å²) < 4.78 is 0. The van der Waals surface area contributed by atoms with Crippen molar-refractivity contribution in [2.75, 3.05) is 0 Å². The van der Waals surface area contributed by atoms with E-state index in [9.17, 15) is 0 Å². The molecule has 0 rings (SSSR count). The minimum absolute atomic E-state index is 0.406. The lowest BCUT2D eigenvalue weighted by Crippen LogP contribution is -2.29. The van der Waals surface area contributed by atoms with Crippen LogP contribution in [-0.2, 0) is 0 Å². The number of rotatable bonds is 6. The number of allylic oxidation sites excluding steroid dienone is 1. The molecule has 0 unspecified atom stereocenters. The molecular formula is C13H26. The van der Waals surface area contributed by atoms with Gasteiger partial charge in [-0.25, -0.2) is 0 Å². The molecule has 0 aromatic carbocycles. The SMILES string of the molecule is C=C(C)C(CC)(CC)C(CC)CC. The van der Waals surface area contributed by atoms with Gasteiger partial charge in [0.15, 0.2) is 0 Å². The van der Waals surface area contributed by atoms with Crippen LogP contribution in [-0.4, -0.2) is 0 Å². The molecule has 0 heteroatoms. The van der Waals surface area contributed by atoms with E-state index in [1.54, 1.807) is 0 Å². The third-order valence-corrected chi connectivity index (χ3v) is 3.88. The Morgan fingerprint density at radius 1 is 1.08 bits per heavy atom. The van der Waals surface area contributed by atoms with E-state index in [-0.39, 0.29) is 0 Å². The number of hydrogen-bond acceptors (Lipinski definition) is 0. The second kappa shape index (κ2) is 5.47. The zero-order valence-electron chi connectivity index (χ0n) is 10.1. The maximum atomic E-state index is 4.19. The van der Waals surface area contributed by atoms with Crippen molar-refractivity contribution in [3.8, 4) is 0 Å². The quantitative estimate of drug-likeness (QED) is 0.517. The minimum Gasteiger partial charge on any atom is -0.0996 e. The van der Waals surface area contributed by atoms with Crippen LogP contribution in [0.1, 0.15) is 60.3 Å². The van der Waals surface area contributed by atoms with Gasteiger partial charge in [0.25, 0.3) is 0 Å². The first kappa shape index (κ1) is 12.7. The molecule has 13 heavy (non-hydrogen) atoms. The summed E-state index contributed by atoms with van der Waals surface area (Å²) in [6.07, 6.45) is 5.05. The van der Waals surface area contributed by atoms with E-state index in [0.717, 1.165) is 5.92 Å². The van der Waals surface area contributed by atoms with Crippen molar-refractivity contribution in [3.63, 3.8) is 0 Å². The standard InChI is InChI=1S/C13H26/c1-7-12(8-2)13(9-3,10-4)11(5)6/h12H,5,7-10H2,1-4,6H3. The average molecular weight is 182 g/mol. The molecule has 0 amide bonds. The highest BCUT2D eigenvalue weighted by molar-refractivity contribution is 5.09. The summed E-state index contributed by atoms with van der Waals surface area (Å²) in [5.74, 6) is 0.819. The Kier molecular flexibility index (Phi) is 5.36. The van der Waals surface area contributed by atoms with E-state index < -0.39 is 0 Å². The number of hydrogen-bond donors (Lipinski definition) is 0. The molecule has 0 N–H and O–H groups in total. The highest BCUT2D eigenvalue weighted by Gasteiger charge is 2.33. The van der Waals surface area contributed by atoms with Crippen molar-refractivity contribution in [1.29, 1.82) is 0 Å². The summed E-state index contributed by atoms with van der Waals surface area (Å²) in [5.41, 5.74) is 1.79. The molecule has 0 bridgehead atoms. The van der Waals surface area contributed by atoms with Crippen LogP contribution in [0.5, 0.6) is 0 Å². The Labute approximate surface area is 84.4 Å². The molecule has 0 aromatic heterocycles. The summed E-state index contributed by atoms with van der Waals surface area (Å²) in [4.78, 5) is 0. The van der Waals surface area contributed by atoms with Crippen molar-refractivity contribution >= 4 is 0 Å². The Morgan fingerprint density at radius 3 is 1.54 bits per heavy atom. The van der Waals surface area contributed by atoms with Gasteiger partial charge in [0, 0.05) is 0 Å². The van der Waals surface area contributed by atoms with Crippen molar-refractivity contribution in [2.24, 2.45) is 11.3 Å². The minimum atomic E-state index is 0.406. The van der Waals surface area contributed by atoms with E-state index in [2.05, 4.69) is 41.2 Å². The van der Waals surface area contributed by atoms with Crippen LogP contribution in [0.3, 0.4) is 0 Å². The first-order valence-electron chi connectivity index (χ1n) is 5.74. The molecule has 0 aromatic rings. The molecule has 0 aliphatic carbocycles. The van der Waals surface area contributed by atoms with Crippen LogP contribution >= 0.6 is 0 Å². The summed E-state index contributed by atoms with van der Waals surface area (Å²) in [6, 6.07) is 0. The second-order valence-electron chi connectivity index (χ2n) is 4.16. The summed E-state index contributed by atoms with van der Waals surface area (Å²) >= 11 is 0. The molecule has 0 aliphatic heterocycles. The Hall–Kier alpha value is -0.260. The Bertz CT molecular complexity index is 147. The first-order chi connectivity index (χ1) is 6.08. The van der Waals surface area contributed by atoms with Gasteiger partial charge in [0.2, 0.25) is 0 Å². The molecule has 0 radical (unpaired) electrons. The summed E-state index contributed by atoms with van der Waals surface area (Å²) in [5, 5.41) is 0. The molecule has 0 saturated carbocycles. The predicted octanol–water partition coefficient (Wildman–Crippen LogP) is 4.81. The molecule has 0 spiro atoms. The summed E-state index contributed by atoms with van der Waals surface area (Å²) in [7, 11) is 0. The van der Waals surface area contributed by atoms with E-state index in [4.69, 9.17) is 0 Å². The fourth-order valence-electron chi connectivity index (χ4n) is 2.85. The largest absolute Gasteiger partial charge is 0.0996 e. The van der Waals surface area contributed by atoms with Crippen molar-refractivity contribution in [3.05, 3.63) is 12.2 Å². The van der Waals surface area contributed by atoms with Crippen LogP contribution in [0.4, 0.5) is 0 Å². The molecule has 0 aliphatic rings. The van der Waals surface area contributed by atoms with Gasteiger partial charge < -0.3 is 0 Å². The lowest BCUT2D eigenvalue weighted by atomic mass is 9.65. The van der Waals surface area contributed by atoms with Gasteiger partial charge in [-0.2, -0.15) is 0 Å². The lowest BCUT2D eigenvalue weighted by Gasteiger charge is -2.40.